The number of benzene rings is 2. The van der Waals surface area contributed by atoms with Crippen LogP contribution in [0.5, 0.6) is 0 Å². The van der Waals surface area contributed by atoms with E-state index in [0.29, 0.717) is 19.0 Å². The third kappa shape index (κ3) is 7.62. The van der Waals surface area contributed by atoms with Gasteiger partial charge in [0.15, 0.2) is 0 Å². The topological polar surface area (TPSA) is 6.48 Å². The van der Waals surface area contributed by atoms with Crippen LogP contribution in [0.15, 0.2) is 42.5 Å². The Morgan fingerprint density at radius 3 is 2.16 bits per heavy atom. The third-order valence-electron chi connectivity index (χ3n) is 5.41. The smallest absolute Gasteiger partial charge is 0.308 e. The van der Waals surface area contributed by atoms with Gasteiger partial charge in [-0.15, -0.1) is 0 Å². The molecule has 0 N–H and O–H groups in total. The van der Waals surface area contributed by atoms with Crippen LogP contribution in [0.4, 0.5) is 17.6 Å². The van der Waals surface area contributed by atoms with E-state index in [-0.39, 0.29) is 18.2 Å². The highest BCUT2D eigenvalue weighted by Crippen LogP contribution is 2.34. The molecule has 0 spiro atoms. The molecule has 31 heavy (non-hydrogen) atoms. The van der Waals surface area contributed by atoms with Crippen molar-refractivity contribution in [3.05, 3.63) is 70.5 Å². The number of nitrogens with zero attached hydrogens (tertiary/aromatic N) is 2. The Morgan fingerprint density at radius 1 is 0.935 bits per heavy atom. The number of alkyl halides is 3. The summed E-state index contributed by atoms with van der Waals surface area (Å²) in [5.41, 5.74) is 1.02. The standard InChI is InChI=1S/C25H34F4N2/c1-6-19-9-7-10-20(14-19)15-31(21(13-18(2)3)16-30(4)5)17-22-23(25(27,28)29)11-8-12-24(22)26/h7-12,14,18,21H,6,13,15-17H2,1-5H3. The largest absolute Gasteiger partial charge is 0.416 e. The predicted octanol–water partition coefficient (Wildman–Crippen LogP) is 6.39. The molecule has 1 unspecified atom stereocenters. The predicted molar refractivity (Wildman–Crippen MR) is 118 cm³/mol. The molecule has 2 aromatic carbocycles. The Labute approximate surface area is 183 Å². The molecular formula is C25H34F4N2. The molecule has 0 saturated carbocycles. The van der Waals surface area contributed by atoms with E-state index in [1.165, 1.54) is 5.56 Å². The van der Waals surface area contributed by atoms with E-state index >= 15 is 0 Å². The maximum atomic E-state index is 14.6. The van der Waals surface area contributed by atoms with E-state index in [1.807, 2.05) is 42.1 Å². The summed E-state index contributed by atoms with van der Waals surface area (Å²) in [5, 5.41) is 0. The van der Waals surface area contributed by atoms with Crippen LogP contribution < -0.4 is 0 Å². The van der Waals surface area contributed by atoms with Crippen molar-refractivity contribution in [3.63, 3.8) is 0 Å². The van der Waals surface area contributed by atoms with E-state index in [2.05, 4.69) is 26.8 Å². The molecule has 2 nitrogen and oxygen atoms in total. The van der Waals surface area contributed by atoms with E-state index in [9.17, 15) is 17.6 Å². The minimum absolute atomic E-state index is 0.0130. The molecule has 0 saturated heterocycles. The van der Waals surface area contributed by atoms with Gasteiger partial charge in [0.05, 0.1) is 5.56 Å². The van der Waals surface area contributed by atoms with E-state index in [0.717, 1.165) is 36.6 Å². The number of halogens is 4. The van der Waals surface area contributed by atoms with Crippen LogP contribution in [0, 0.1) is 11.7 Å². The van der Waals surface area contributed by atoms with Crippen molar-refractivity contribution in [2.75, 3.05) is 20.6 Å². The van der Waals surface area contributed by atoms with Crippen molar-refractivity contribution in [2.24, 2.45) is 5.92 Å². The number of hydrogen-bond donors (Lipinski definition) is 0. The number of likely N-dealkylation sites (N-methyl/N-ethyl adjacent to an activating group) is 1. The van der Waals surface area contributed by atoms with Gasteiger partial charge in [-0.1, -0.05) is 51.1 Å². The molecule has 2 rings (SSSR count). The Morgan fingerprint density at radius 2 is 1.58 bits per heavy atom. The molecule has 2 aromatic rings. The van der Waals surface area contributed by atoms with Gasteiger partial charge in [0.25, 0.3) is 0 Å². The molecule has 0 aliphatic rings. The molecule has 0 aliphatic heterocycles. The number of aryl methyl sites for hydroxylation is 1. The monoisotopic (exact) mass is 438 g/mol. The zero-order valence-electron chi connectivity index (χ0n) is 19.1. The van der Waals surface area contributed by atoms with Crippen molar-refractivity contribution in [1.29, 1.82) is 0 Å². The lowest BCUT2D eigenvalue weighted by molar-refractivity contribution is -0.138. The Hall–Kier alpha value is -1.92. The first-order chi connectivity index (χ1) is 14.5. The summed E-state index contributed by atoms with van der Waals surface area (Å²) in [6.07, 6.45) is -2.91. The highest BCUT2D eigenvalue weighted by molar-refractivity contribution is 5.31. The fraction of sp³-hybridized carbons (Fsp3) is 0.520. The van der Waals surface area contributed by atoms with Crippen molar-refractivity contribution in [1.82, 2.24) is 9.80 Å². The molecule has 0 radical (unpaired) electrons. The van der Waals surface area contributed by atoms with Crippen LogP contribution in [0.1, 0.15) is 49.4 Å². The molecular weight excluding hydrogens is 404 g/mol. The fourth-order valence-electron chi connectivity index (χ4n) is 3.99. The summed E-state index contributed by atoms with van der Waals surface area (Å²) >= 11 is 0. The zero-order chi connectivity index (χ0) is 23.2. The molecule has 0 amide bonds. The third-order valence-corrected chi connectivity index (χ3v) is 5.41. The van der Waals surface area contributed by atoms with Gasteiger partial charge >= 0.3 is 6.18 Å². The molecule has 0 aliphatic carbocycles. The minimum atomic E-state index is -4.60. The lowest BCUT2D eigenvalue weighted by Crippen LogP contribution is -2.42. The molecule has 0 aromatic heterocycles. The molecule has 1 atom stereocenters. The van der Waals surface area contributed by atoms with Crippen LogP contribution in [0.25, 0.3) is 0 Å². The second-order valence-electron chi connectivity index (χ2n) is 8.89. The van der Waals surface area contributed by atoms with E-state index < -0.39 is 17.6 Å². The molecule has 0 heterocycles. The molecule has 172 valence electrons. The van der Waals surface area contributed by atoms with Gasteiger partial charge < -0.3 is 4.90 Å². The summed E-state index contributed by atoms with van der Waals surface area (Å²) in [6, 6.07) is 11.3. The first-order valence-electron chi connectivity index (χ1n) is 10.8. The molecule has 0 bridgehead atoms. The van der Waals surface area contributed by atoms with Crippen LogP contribution in [-0.2, 0) is 25.7 Å². The SMILES string of the molecule is CCc1cccc(CN(Cc2c(F)cccc2C(F)(F)F)C(CC(C)C)CN(C)C)c1. The summed E-state index contributed by atoms with van der Waals surface area (Å²) in [5.74, 6) is -0.451. The minimum Gasteiger partial charge on any atom is -0.308 e. The van der Waals surface area contributed by atoms with Crippen molar-refractivity contribution >= 4 is 0 Å². The van der Waals surface area contributed by atoms with Gasteiger partial charge in [-0.25, -0.2) is 4.39 Å². The number of hydrogen-bond acceptors (Lipinski definition) is 2. The van der Waals surface area contributed by atoms with Crippen LogP contribution in [-0.4, -0.2) is 36.5 Å². The second kappa shape index (κ2) is 11.1. The summed E-state index contributed by atoms with van der Waals surface area (Å²) < 4.78 is 55.5. The first kappa shape index (κ1) is 25.3. The van der Waals surface area contributed by atoms with E-state index in [4.69, 9.17) is 0 Å². The van der Waals surface area contributed by atoms with Gasteiger partial charge in [0.1, 0.15) is 5.82 Å². The molecule has 6 heteroatoms. The van der Waals surface area contributed by atoms with E-state index in [1.54, 1.807) is 0 Å². The maximum Gasteiger partial charge on any atom is 0.416 e. The fourth-order valence-corrected chi connectivity index (χ4v) is 3.99. The quantitative estimate of drug-likeness (QED) is 0.397. The van der Waals surface area contributed by atoms with Crippen molar-refractivity contribution < 1.29 is 17.6 Å². The average Bonchev–Trinajstić information content (AvgIpc) is 2.67. The first-order valence-corrected chi connectivity index (χ1v) is 10.8. The Balaban J connectivity index is 2.48. The van der Waals surface area contributed by atoms with Crippen LogP contribution in [0.2, 0.25) is 0 Å². The maximum absolute atomic E-state index is 14.6. The summed E-state index contributed by atoms with van der Waals surface area (Å²) in [7, 11) is 3.90. The Bertz CT molecular complexity index is 821. The highest BCUT2D eigenvalue weighted by Gasteiger charge is 2.35. The average molecular weight is 439 g/mol. The summed E-state index contributed by atoms with van der Waals surface area (Å²) in [6.45, 7) is 7.32. The van der Waals surface area contributed by atoms with Gasteiger partial charge in [0.2, 0.25) is 0 Å². The Kier molecular flexibility index (Phi) is 9.07. The van der Waals surface area contributed by atoms with Crippen LogP contribution in [0.3, 0.4) is 0 Å². The number of rotatable bonds is 10. The van der Waals surface area contributed by atoms with Gasteiger partial charge in [-0.05, 0) is 56.1 Å². The van der Waals surface area contributed by atoms with Crippen LogP contribution >= 0.6 is 0 Å². The van der Waals surface area contributed by atoms with Gasteiger partial charge in [0, 0.05) is 31.2 Å². The van der Waals surface area contributed by atoms with Gasteiger partial charge in [-0.3, -0.25) is 4.90 Å². The van der Waals surface area contributed by atoms with Crippen molar-refractivity contribution in [2.45, 2.75) is 58.9 Å². The molecule has 0 fully saturated rings. The highest BCUT2D eigenvalue weighted by atomic mass is 19.4. The van der Waals surface area contributed by atoms with Gasteiger partial charge in [-0.2, -0.15) is 13.2 Å². The normalized spacial score (nSPS) is 13.4. The zero-order valence-corrected chi connectivity index (χ0v) is 19.1. The lowest BCUT2D eigenvalue weighted by atomic mass is 9.98. The lowest BCUT2D eigenvalue weighted by Gasteiger charge is -2.35. The summed E-state index contributed by atoms with van der Waals surface area (Å²) in [4.78, 5) is 4.04. The second-order valence-corrected chi connectivity index (χ2v) is 8.89. The van der Waals surface area contributed by atoms with Crippen molar-refractivity contribution in [3.8, 4) is 0 Å².